The van der Waals surface area contributed by atoms with Crippen LogP contribution in [0.25, 0.3) is 0 Å². The molecule has 0 atom stereocenters. The first kappa shape index (κ1) is 17.2. The van der Waals surface area contributed by atoms with Crippen LogP contribution in [-0.4, -0.2) is 66.7 Å². The Hall–Kier alpha value is -2.19. The molecule has 1 aromatic carbocycles. The molecule has 1 aromatic rings. The van der Waals surface area contributed by atoms with E-state index >= 15 is 0 Å². The first-order chi connectivity index (χ1) is 11.0. The van der Waals surface area contributed by atoms with Crippen LogP contribution in [0.15, 0.2) is 29.4 Å². The van der Waals surface area contributed by atoms with Crippen LogP contribution in [0.2, 0.25) is 0 Å². The first-order valence-corrected chi connectivity index (χ1v) is 7.67. The fourth-order valence-corrected chi connectivity index (χ4v) is 2.29. The van der Waals surface area contributed by atoms with Gasteiger partial charge < -0.3 is 20.3 Å². The number of hydrazone groups is 1. The normalized spacial score (nSPS) is 16.1. The third kappa shape index (κ3) is 4.64. The van der Waals surface area contributed by atoms with Crippen molar-refractivity contribution in [2.24, 2.45) is 10.8 Å². The van der Waals surface area contributed by atoms with E-state index in [9.17, 15) is 4.79 Å². The molecule has 23 heavy (non-hydrogen) atoms. The molecule has 2 rings (SSSR count). The zero-order valence-corrected chi connectivity index (χ0v) is 14.1. The zero-order valence-electron chi connectivity index (χ0n) is 13.3. The average Bonchev–Trinajstić information content (AvgIpc) is 2.55. The van der Waals surface area contributed by atoms with Crippen LogP contribution in [0.4, 0.5) is 5.69 Å². The predicted octanol–water partition coefficient (Wildman–Crippen LogP) is 0.523. The Morgan fingerprint density at radius 3 is 2.39 bits per heavy atom. The van der Waals surface area contributed by atoms with Gasteiger partial charge in [-0.15, -0.1) is 0 Å². The van der Waals surface area contributed by atoms with Crippen molar-refractivity contribution in [3.8, 4) is 5.75 Å². The number of ether oxygens (including phenoxy) is 1. The Balaban J connectivity index is 2.07. The van der Waals surface area contributed by atoms with Gasteiger partial charge in [0.05, 0.1) is 12.8 Å². The van der Waals surface area contributed by atoms with E-state index in [2.05, 4.69) is 15.4 Å². The number of carbonyl (C=O) groups excluding carboxylic acids is 1. The summed E-state index contributed by atoms with van der Waals surface area (Å²) in [6.45, 7) is 2.92. The lowest BCUT2D eigenvalue weighted by Gasteiger charge is -2.32. The van der Waals surface area contributed by atoms with Crippen LogP contribution >= 0.6 is 12.2 Å². The van der Waals surface area contributed by atoms with Crippen molar-refractivity contribution < 1.29 is 9.53 Å². The fourth-order valence-electron chi connectivity index (χ4n) is 2.15. The van der Waals surface area contributed by atoms with Crippen LogP contribution in [0, 0.1) is 0 Å². The summed E-state index contributed by atoms with van der Waals surface area (Å²) in [6, 6.07) is 7.17. The number of piperazine rings is 1. The van der Waals surface area contributed by atoms with E-state index < -0.39 is 0 Å². The average molecular weight is 335 g/mol. The van der Waals surface area contributed by atoms with Gasteiger partial charge in [-0.25, -0.2) is 0 Å². The van der Waals surface area contributed by atoms with Gasteiger partial charge in [0.1, 0.15) is 10.7 Å². The molecule has 0 aliphatic carbocycles. The number of hydrogen-bond acceptors (Lipinski definition) is 6. The molecule has 1 saturated heterocycles. The van der Waals surface area contributed by atoms with Crippen molar-refractivity contribution in [1.29, 1.82) is 0 Å². The molecule has 0 spiro atoms. The van der Waals surface area contributed by atoms with Crippen LogP contribution < -0.4 is 15.9 Å². The summed E-state index contributed by atoms with van der Waals surface area (Å²) >= 11 is 4.97. The second kappa shape index (κ2) is 7.89. The molecule has 3 N–H and O–H groups in total. The Morgan fingerprint density at radius 2 is 1.87 bits per heavy atom. The molecule has 1 aliphatic heterocycles. The van der Waals surface area contributed by atoms with E-state index in [-0.39, 0.29) is 16.6 Å². The van der Waals surface area contributed by atoms with Crippen molar-refractivity contribution in [3.63, 3.8) is 0 Å². The number of thiocarbonyl (C=S) groups is 1. The second-order valence-electron chi connectivity index (χ2n) is 5.26. The summed E-state index contributed by atoms with van der Waals surface area (Å²) < 4.78 is 5.09. The highest BCUT2D eigenvalue weighted by Gasteiger charge is 2.25. The number of methoxy groups -OCH3 is 1. The highest BCUT2D eigenvalue weighted by Crippen LogP contribution is 2.15. The number of hydrogen-bond donors (Lipinski definition) is 2. The summed E-state index contributed by atoms with van der Waals surface area (Å²) in [5.41, 5.74) is 9.26. The van der Waals surface area contributed by atoms with Gasteiger partial charge in [-0.1, -0.05) is 12.2 Å². The molecule has 7 nitrogen and oxygen atoms in total. The molecule has 1 amide bonds. The SMILES string of the molecule is COc1ccc(N/N=C(/C(=O)N2CCN(C)CC2)C(N)=S)cc1. The maximum absolute atomic E-state index is 12.5. The number of nitrogens with two attached hydrogens (primary N) is 1. The van der Waals surface area contributed by atoms with Crippen LogP contribution in [0.1, 0.15) is 0 Å². The number of amides is 1. The quantitative estimate of drug-likeness (QED) is 0.464. The lowest BCUT2D eigenvalue weighted by atomic mass is 10.2. The number of nitrogens with one attached hydrogen (secondary N) is 1. The highest BCUT2D eigenvalue weighted by atomic mass is 32.1. The van der Waals surface area contributed by atoms with Crippen LogP contribution in [-0.2, 0) is 4.79 Å². The van der Waals surface area contributed by atoms with Crippen molar-refractivity contribution in [3.05, 3.63) is 24.3 Å². The molecule has 1 aliphatic rings. The van der Waals surface area contributed by atoms with E-state index in [1.807, 2.05) is 7.05 Å². The van der Waals surface area contributed by atoms with Crippen molar-refractivity contribution >= 4 is 34.5 Å². The van der Waals surface area contributed by atoms with Crippen molar-refractivity contribution in [1.82, 2.24) is 9.80 Å². The first-order valence-electron chi connectivity index (χ1n) is 7.26. The van der Waals surface area contributed by atoms with Gasteiger partial charge in [-0.2, -0.15) is 5.10 Å². The van der Waals surface area contributed by atoms with E-state index in [0.717, 1.165) is 18.8 Å². The van der Waals surface area contributed by atoms with Crippen LogP contribution in [0.3, 0.4) is 0 Å². The van der Waals surface area contributed by atoms with Gasteiger partial charge in [0.25, 0.3) is 5.91 Å². The van der Waals surface area contributed by atoms with Crippen LogP contribution in [0.5, 0.6) is 5.75 Å². The van der Waals surface area contributed by atoms with E-state index in [4.69, 9.17) is 22.7 Å². The van der Waals surface area contributed by atoms with Crippen molar-refractivity contribution in [2.45, 2.75) is 0 Å². The molecule has 0 radical (unpaired) electrons. The number of carbonyl (C=O) groups is 1. The lowest BCUT2D eigenvalue weighted by molar-refractivity contribution is -0.125. The third-order valence-corrected chi connectivity index (χ3v) is 3.81. The topological polar surface area (TPSA) is 83.2 Å². The zero-order chi connectivity index (χ0) is 16.8. The largest absolute Gasteiger partial charge is 0.497 e. The van der Waals surface area contributed by atoms with E-state index in [1.54, 1.807) is 36.3 Å². The number of likely N-dealkylation sites (N-methyl/N-ethyl adjacent to an activating group) is 1. The summed E-state index contributed by atoms with van der Waals surface area (Å²) in [5.74, 6) is 0.495. The molecule has 0 unspecified atom stereocenters. The minimum absolute atomic E-state index is 0.0186. The van der Waals surface area contributed by atoms with Crippen molar-refractivity contribution in [2.75, 3.05) is 45.8 Å². The van der Waals surface area contributed by atoms with Gasteiger partial charge in [0, 0.05) is 26.2 Å². The smallest absolute Gasteiger partial charge is 0.277 e. The number of anilines is 1. The minimum atomic E-state index is -0.244. The molecule has 0 saturated carbocycles. The molecular weight excluding hydrogens is 314 g/mol. The van der Waals surface area contributed by atoms with Gasteiger partial charge in [0.15, 0.2) is 5.71 Å². The van der Waals surface area contributed by atoms with E-state index in [0.29, 0.717) is 18.8 Å². The number of benzene rings is 1. The molecule has 8 heteroatoms. The molecule has 0 bridgehead atoms. The Kier molecular flexibility index (Phi) is 5.89. The van der Waals surface area contributed by atoms with Gasteiger partial charge in [-0.3, -0.25) is 10.2 Å². The summed E-state index contributed by atoms with van der Waals surface area (Å²) in [4.78, 5) is 16.4. The lowest BCUT2D eigenvalue weighted by Crippen LogP contribution is -2.51. The summed E-state index contributed by atoms with van der Waals surface area (Å²) in [5, 5.41) is 4.10. The minimum Gasteiger partial charge on any atom is -0.497 e. The molecule has 0 aromatic heterocycles. The van der Waals surface area contributed by atoms with Gasteiger partial charge >= 0.3 is 0 Å². The highest BCUT2D eigenvalue weighted by molar-refractivity contribution is 7.82. The monoisotopic (exact) mass is 335 g/mol. The van der Waals surface area contributed by atoms with E-state index in [1.165, 1.54) is 0 Å². The summed E-state index contributed by atoms with van der Waals surface area (Å²) in [6.07, 6.45) is 0. The predicted molar refractivity (Wildman–Crippen MR) is 94.9 cm³/mol. The molecule has 1 heterocycles. The molecule has 1 fully saturated rings. The summed E-state index contributed by atoms with van der Waals surface area (Å²) in [7, 11) is 3.62. The standard InChI is InChI=1S/C15H21N5O2S/c1-19-7-9-20(10-8-19)15(21)13(14(16)23)18-17-11-3-5-12(22-2)6-4-11/h3-6,17H,7-10H2,1-2H3,(H2,16,23)/b18-13+. The maximum atomic E-state index is 12.5. The number of rotatable bonds is 5. The van der Waals surface area contributed by atoms with Gasteiger partial charge in [-0.05, 0) is 31.3 Å². The Bertz CT molecular complexity index is 594. The molecular formula is C15H21N5O2S. The third-order valence-electron chi connectivity index (χ3n) is 3.61. The molecule has 124 valence electrons. The Morgan fingerprint density at radius 1 is 1.26 bits per heavy atom. The number of nitrogens with zero attached hydrogens (tertiary/aromatic N) is 3. The second-order valence-corrected chi connectivity index (χ2v) is 5.70. The Labute approximate surface area is 141 Å². The fraction of sp³-hybridized carbons (Fsp3) is 0.400. The maximum Gasteiger partial charge on any atom is 0.277 e. The van der Waals surface area contributed by atoms with Gasteiger partial charge in [0.2, 0.25) is 0 Å².